The summed E-state index contributed by atoms with van der Waals surface area (Å²) in [5.41, 5.74) is 1.02. The van der Waals surface area contributed by atoms with Gasteiger partial charge in [-0.1, -0.05) is 23.7 Å². The van der Waals surface area contributed by atoms with Crippen LogP contribution >= 0.6 is 11.6 Å². The van der Waals surface area contributed by atoms with E-state index in [9.17, 15) is 18.5 Å². The first-order valence-corrected chi connectivity index (χ1v) is 10.6. The lowest BCUT2D eigenvalue weighted by Crippen LogP contribution is -2.45. The lowest BCUT2D eigenvalue weighted by Gasteiger charge is -2.39. The van der Waals surface area contributed by atoms with Gasteiger partial charge in [0.15, 0.2) is 9.84 Å². The van der Waals surface area contributed by atoms with Gasteiger partial charge in [0.2, 0.25) is 0 Å². The van der Waals surface area contributed by atoms with Crippen LogP contribution in [0.2, 0.25) is 5.02 Å². The third kappa shape index (κ3) is 4.23. The molecule has 144 valence electrons. The Kier molecular flexibility index (Phi) is 5.41. The summed E-state index contributed by atoms with van der Waals surface area (Å²) in [6.45, 7) is 2.67. The highest BCUT2D eigenvalue weighted by atomic mass is 35.5. The molecular weight excluding hydrogens is 392 g/mol. The smallest absolute Gasteiger partial charge is 0.293 e. The summed E-state index contributed by atoms with van der Waals surface area (Å²) >= 11 is 6.06. The van der Waals surface area contributed by atoms with E-state index >= 15 is 0 Å². The second-order valence-electron chi connectivity index (χ2n) is 6.56. The van der Waals surface area contributed by atoms with Gasteiger partial charge in [-0.15, -0.1) is 0 Å². The molecule has 2 aromatic carbocycles. The number of sulfone groups is 1. The molecule has 1 aliphatic rings. The Morgan fingerprint density at radius 3 is 2.63 bits per heavy atom. The minimum absolute atomic E-state index is 0.0785. The van der Waals surface area contributed by atoms with E-state index < -0.39 is 14.8 Å². The zero-order valence-electron chi connectivity index (χ0n) is 14.8. The van der Waals surface area contributed by atoms with Crippen molar-refractivity contribution in [2.75, 3.05) is 24.3 Å². The van der Waals surface area contributed by atoms with Crippen LogP contribution in [0.3, 0.4) is 0 Å². The maximum Gasteiger partial charge on any atom is 0.293 e. The van der Waals surface area contributed by atoms with E-state index in [-0.39, 0.29) is 22.7 Å². The Labute approximate surface area is 162 Å². The van der Waals surface area contributed by atoms with Gasteiger partial charge in [0.05, 0.1) is 16.4 Å². The fourth-order valence-electron chi connectivity index (χ4n) is 3.12. The van der Waals surface area contributed by atoms with Crippen molar-refractivity contribution in [3.05, 3.63) is 63.2 Å². The molecule has 0 aliphatic carbocycles. The Morgan fingerprint density at radius 1 is 1.26 bits per heavy atom. The summed E-state index contributed by atoms with van der Waals surface area (Å²) in [6.07, 6.45) is 0.729. The van der Waals surface area contributed by atoms with Gasteiger partial charge in [-0.3, -0.25) is 10.1 Å². The number of halogens is 1. The summed E-state index contributed by atoms with van der Waals surface area (Å²) in [7, 11) is -3.54. The predicted molar refractivity (Wildman–Crippen MR) is 103 cm³/mol. The Bertz CT molecular complexity index is 979. The van der Waals surface area contributed by atoms with Gasteiger partial charge >= 0.3 is 0 Å². The Balaban J connectivity index is 1.99. The molecule has 1 aliphatic heterocycles. The molecule has 0 spiro atoms. The minimum atomic E-state index is -3.54. The molecule has 1 heterocycles. The number of morpholine rings is 1. The zero-order chi connectivity index (χ0) is 19.8. The normalized spacial score (nSPS) is 20.5. The second kappa shape index (κ2) is 7.46. The van der Waals surface area contributed by atoms with Crippen molar-refractivity contribution in [2.45, 2.75) is 24.0 Å². The van der Waals surface area contributed by atoms with Crippen LogP contribution in [0, 0.1) is 10.1 Å². The molecule has 0 saturated carbocycles. The Hall–Kier alpha value is -2.16. The number of nitrogens with zero attached hydrogens (tertiary/aromatic N) is 2. The maximum atomic E-state index is 11.8. The maximum absolute atomic E-state index is 11.8. The highest BCUT2D eigenvalue weighted by Crippen LogP contribution is 2.36. The van der Waals surface area contributed by atoms with Gasteiger partial charge < -0.3 is 9.64 Å². The highest BCUT2D eigenvalue weighted by molar-refractivity contribution is 7.90. The van der Waals surface area contributed by atoms with Crippen LogP contribution in [0.1, 0.15) is 18.6 Å². The lowest BCUT2D eigenvalue weighted by molar-refractivity contribution is -0.384. The van der Waals surface area contributed by atoms with Crippen molar-refractivity contribution >= 4 is 32.8 Å². The number of hydrogen-bond donors (Lipinski definition) is 0. The average Bonchev–Trinajstić information content (AvgIpc) is 2.61. The van der Waals surface area contributed by atoms with Crippen LogP contribution in [0.25, 0.3) is 0 Å². The molecule has 0 radical (unpaired) electrons. The van der Waals surface area contributed by atoms with Crippen LogP contribution in [0.5, 0.6) is 0 Å². The number of nitro benzene ring substituents is 1. The third-order valence-corrected chi connectivity index (χ3v) is 5.88. The van der Waals surface area contributed by atoms with Gasteiger partial charge in [0.25, 0.3) is 5.69 Å². The first-order valence-electron chi connectivity index (χ1n) is 8.29. The fraction of sp³-hybridized carbons (Fsp3) is 0.333. The van der Waals surface area contributed by atoms with Crippen molar-refractivity contribution in [1.82, 2.24) is 0 Å². The molecule has 0 amide bonds. The summed E-state index contributed by atoms with van der Waals surface area (Å²) in [5.74, 6) is 0. The summed E-state index contributed by atoms with van der Waals surface area (Å²) in [6, 6.07) is 11.2. The van der Waals surface area contributed by atoms with E-state index in [1.165, 1.54) is 12.1 Å². The van der Waals surface area contributed by atoms with E-state index in [4.69, 9.17) is 16.3 Å². The second-order valence-corrected chi connectivity index (χ2v) is 9.01. The monoisotopic (exact) mass is 410 g/mol. The molecule has 7 nitrogen and oxygen atoms in total. The van der Waals surface area contributed by atoms with Crippen LogP contribution in [-0.2, 0) is 14.6 Å². The van der Waals surface area contributed by atoms with E-state index in [0.717, 1.165) is 17.9 Å². The van der Waals surface area contributed by atoms with Gasteiger partial charge in [0, 0.05) is 29.9 Å². The van der Waals surface area contributed by atoms with Gasteiger partial charge in [-0.25, -0.2) is 8.42 Å². The lowest BCUT2D eigenvalue weighted by atomic mass is 10.0. The molecule has 1 fully saturated rings. The van der Waals surface area contributed by atoms with Crippen molar-refractivity contribution in [3.63, 3.8) is 0 Å². The molecule has 9 heteroatoms. The SMILES string of the molecule is CC1COC(c2cccc(Cl)c2)CN1c1ccc(S(C)(=O)=O)cc1[N+](=O)[O-]. The molecule has 2 aromatic rings. The van der Waals surface area contributed by atoms with E-state index in [1.807, 2.05) is 30.0 Å². The molecule has 1 saturated heterocycles. The van der Waals surface area contributed by atoms with E-state index in [1.54, 1.807) is 6.07 Å². The molecule has 2 unspecified atom stereocenters. The summed E-state index contributed by atoms with van der Waals surface area (Å²) in [5, 5.41) is 12.2. The van der Waals surface area contributed by atoms with Crippen LogP contribution < -0.4 is 4.90 Å². The van der Waals surface area contributed by atoms with Crippen molar-refractivity contribution < 1.29 is 18.1 Å². The number of anilines is 1. The number of benzene rings is 2. The van der Waals surface area contributed by atoms with Crippen molar-refractivity contribution in [2.24, 2.45) is 0 Å². The largest absolute Gasteiger partial charge is 0.370 e. The van der Waals surface area contributed by atoms with Gasteiger partial charge in [-0.05, 0) is 36.8 Å². The molecule has 0 N–H and O–H groups in total. The summed E-state index contributed by atoms with van der Waals surface area (Å²) in [4.78, 5) is 12.8. The molecule has 2 atom stereocenters. The molecule has 0 bridgehead atoms. The molecule has 27 heavy (non-hydrogen) atoms. The number of rotatable bonds is 4. The fourth-order valence-corrected chi connectivity index (χ4v) is 3.96. The average molecular weight is 411 g/mol. The van der Waals surface area contributed by atoms with Gasteiger partial charge in [-0.2, -0.15) is 0 Å². The number of nitro groups is 1. The van der Waals surface area contributed by atoms with Crippen LogP contribution in [0.4, 0.5) is 11.4 Å². The van der Waals surface area contributed by atoms with Gasteiger partial charge in [0.1, 0.15) is 11.8 Å². The predicted octanol–water partition coefficient (Wildman–Crippen LogP) is 3.62. The third-order valence-electron chi connectivity index (χ3n) is 4.53. The minimum Gasteiger partial charge on any atom is -0.370 e. The van der Waals surface area contributed by atoms with E-state index in [2.05, 4.69) is 0 Å². The quantitative estimate of drug-likeness (QED) is 0.564. The van der Waals surface area contributed by atoms with Crippen molar-refractivity contribution in [3.8, 4) is 0 Å². The highest BCUT2D eigenvalue weighted by Gasteiger charge is 2.32. The first kappa shape index (κ1) is 19.6. The zero-order valence-corrected chi connectivity index (χ0v) is 16.4. The summed E-state index contributed by atoms with van der Waals surface area (Å²) < 4.78 is 29.4. The Morgan fingerprint density at radius 2 is 2.00 bits per heavy atom. The van der Waals surface area contributed by atoms with Crippen LogP contribution in [0.15, 0.2) is 47.4 Å². The molecule has 0 aromatic heterocycles. The van der Waals surface area contributed by atoms with Crippen molar-refractivity contribution in [1.29, 1.82) is 0 Å². The topological polar surface area (TPSA) is 89.8 Å². The first-order chi connectivity index (χ1) is 12.7. The standard InChI is InChI=1S/C18H19ClN2O5S/c1-12-11-26-18(13-4-3-5-14(19)8-13)10-20(12)16-7-6-15(27(2,24)25)9-17(16)21(22)23/h3-9,12,18H,10-11H2,1-2H3. The van der Waals surface area contributed by atoms with Crippen LogP contribution in [-0.4, -0.2) is 38.8 Å². The van der Waals surface area contributed by atoms with E-state index in [0.29, 0.717) is 23.9 Å². The number of hydrogen-bond acceptors (Lipinski definition) is 6. The number of ether oxygens (including phenoxy) is 1. The molecular formula is C18H19ClN2O5S. The molecule has 3 rings (SSSR count).